The molecule has 3 aromatic carbocycles. The fourth-order valence-corrected chi connectivity index (χ4v) is 3.81. The van der Waals surface area contributed by atoms with Crippen LogP contribution in [0.15, 0.2) is 86.9 Å². The number of benzene rings is 3. The molecule has 0 atom stereocenters. The maximum Gasteiger partial charge on any atom is 0.332 e. The van der Waals surface area contributed by atoms with Gasteiger partial charge in [0.15, 0.2) is 0 Å². The van der Waals surface area contributed by atoms with Gasteiger partial charge in [-0.05, 0) is 31.5 Å². The van der Waals surface area contributed by atoms with E-state index in [-0.39, 0.29) is 18.6 Å². The average Bonchev–Trinajstić information content (AvgIpc) is 3.30. The molecule has 0 amide bonds. The Balaban J connectivity index is 1.58. The van der Waals surface area contributed by atoms with Crippen LogP contribution < -0.4 is 11.2 Å². The lowest BCUT2D eigenvalue weighted by Crippen LogP contribution is -2.40. The fourth-order valence-electron chi connectivity index (χ4n) is 3.81. The zero-order valence-electron chi connectivity index (χ0n) is 18.4. The third-order valence-electron chi connectivity index (χ3n) is 5.66. The number of rotatable bonds is 5. The second-order valence-corrected chi connectivity index (χ2v) is 8.14. The molecule has 7 nitrogen and oxygen atoms in total. The maximum atomic E-state index is 13.4. The minimum atomic E-state index is -0.422. The Morgan fingerprint density at radius 1 is 0.788 bits per heavy atom. The van der Waals surface area contributed by atoms with Gasteiger partial charge >= 0.3 is 5.69 Å². The molecule has 164 valence electrons. The average molecular weight is 438 g/mol. The highest BCUT2D eigenvalue weighted by Gasteiger charge is 2.16. The molecule has 0 aliphatic carbocycles. The summed E-state index contributed by atoms with van der Waals surface area (Å²) in [6.07, 6.45) is 0. The van der Waals surface area contributed by atoms with Crippen molar-refractivity contribution in [3.05, 3.63) is 116 Å². The predicted octanol–water partition coefficient (Wildman–Crippen LogP) is 3.93. The Hall–Kier alpha value is -4.26. The molecular formula is C26H22N4O3. The Labute approximate surface area is 189 Å². The van der Waals surface area contributed by atoms with Crippen LogP contribution in [-0.4, -0.2) is 19.3 Å². The molecule has 5 rings (SSSR count). The van der Waals surface area contributed by atoms with Gasteiger partial charge in [0.25, 0.3) is 5.56 Å². The van der Waals surface area contributed by atoms with Crippen molar-refractivity contribution in [1.29, 1.82) is 0 Å². The SMILES string of the molecule is Cc1ccc(Cn2c(=O)c3ccccc3n(Cc3nc(-c4ccc(C)cc4)no3)c2=O)cc1. The van der Waals surface area contributed by atoms with E-state index in [0.717, 1.165) is 22.3 Å². The Morgan fingerprint density at radius 2 is 1.45 bits per heavy atom. The summed E-state index contributed by atoms with van der Waals surface area (Å²) < 4.78 is 8.22. The molecule has 7 heteroatoms. The molecule has 0 aliphatic heterocycles. The van der Waals surface area contributed by atoms with Crippen LogP contribution in [-0.2, 0) is 13.1 Å². The van der Waals surface area contributed by atoms with E-state index in [9.17, 15) is 9.59 Å². The minimum absolute atomic E-state index is 0.0619. The van der Waals surface area contributed by atoms with Crippen LogP contribution in [0.3, 0.4) is 0 Å². The van der Waals surface area contributed by atoms with Crippen LogP contribution in [0.1, 0.15) is 22.6 Å². The normalized spacial score (nSPS) is 11.2. The molecule has 0 N–H and O–H groups in total. The standard InChI is InChI=1S/C26H22N4O3/c1-17-7-11-19(12-8-17)15-30-25(31)21-5-3-4-6-22(21)29(26(30)32)16-23-27-24(28-33-23)20-13-9-18(2)10-14-20/h3-14H,15-16H2,1-2H3. The van der Waals surface area contributed by atoms with Crippen molar-refractivity contribution >= 4 is 10.9 Å². The highest BCUT2D eigenvalue weighted by molar-refractivity contribution is 5.77. The summed E-state index contributed by atoms with van der Waals surface area (Å²) in [4.78, 5) is 31.0. The van der Waals surface area contributed by atoms with Gasteiger partial charge in [-0.2, -0.15) is 4.98 Å². The van der Waals surface area contributed by atoms with Gasteiger partial charge in [0.05, 0.1) is 17.4 Å². The number of aryl methyl sites for hydroxylation is 2. The van der Waals surface area contributed by atoms with Crippen molar-refractivity contribution in [2.75, 3.05) is 0 Å². The fraction of sp³-hybridized carbons (Fsp3) is 0.154. The number of fused-ring (bicyclic) bond motifs is 1. The molecule has 2 aromatic heterocycles. The second kappa shape index (κ2) is 8.35. The molecule has 5 aromatic rings. The van der Waals surface area contributed by atoms with Crippen LogP contribution in [0.25, 0.3) is 22.3 Å². The van der Waals surface area contributed by atoms with Crippen molar-refractivity contribution in [3.63, 3.8) is 0 Å². The molecule has 0 bridgehead atoms. The molecule has 2 heterocycles. The zero-order chi connectivity index (χ0) is 22.9. The van der Waals surface area contributed by atoms with Crippen molar-refractivity contribution in [2.45, 2.75) is 26.9 Å². The zero-order valence-corrected chi connectivity index (χ0v) is 18.4. The largest absolute Gasteiger partial charge is 0.337 e. The lowest BCUT2D eigenvalue weighted by Gasteiger charge is -2.13. The van der Waals surface area contributed by atoms with Crippen LogP contribution in [0, 0.1) is 13.8 Å². The van der Waals surface area contributed by atoms with Crippen LogP contribution >= 0.6 is 0 Å². The first-order valence-electron chi connectivity index (χ1n) is 10.7. The molecule has 0 spiro atoms. The van der Waals surface area contributed by atoms with Crippen LogP contribution in [0.4, 0.5) is 0 Å². The van der Waals surface area contributed by atoms with Crippen molar-refractivity contribution in [1.82, 2.24) is 19.3 Å². The summed E-state index contributed by atoms with van der Waals surface area (Å²) in [6.45, 7) is 4.25. The molecule has 0 fully saturated rings. The summed E-state index contributed by atoms with van der Waals surface area (Å²) in [7, 11) is 0. The lowest BCUT2D eigenvalue weighted by molar-refractivity contribution is 0.369. The summed E-state index contributed by atoms with van der Waals surface area (Å²) in [6, 6.07) is 22.6. The summed E-state index contributed by atoms with van der Waals surface area (Å²) in [5.41, 5.74) is 3.74. The number of hydrogen-bond donors (Lipinski definition) is 0. The third-order valence-corrected chi connectivity index (χ3v) is 5.66. The van der Waals surface area contributed by atoms with Gasteiger partial charge in [0.1, 0.15) is 6.54 Å². The first-order chi connectivity index (χ1) is 16.0. The van der Waals surface area contributed by atoms with Crippen LogP contribution in [0.2, 0.25) is 0 Å². The number of para-hydroxylation sites is 1. The van der Waals surface area contributed by atoms with E-state index in [4.69, 9.17) is 4.52 Å². The van der Waals surface area contributed by atoms with Gasteiger partial charge in [-0.3, -0.25) is 13.9 Å². The number of nitrogens with zero attached hydrogens (tertiary/aromatic N) is 4. The topological polar surface area (TPSA) is 82.9 Å². The Bertz CT molecular complexity index is 1560. The van der Waals surface area contributed by atoms with Gasteiger partial charge in [-0.25, -0.2) is 4.79 Å². The van der Waals surface area contributed by atoms with E-state index in [1.807, 2.05) is 62.4 Å². The molecule has 0 unspecified atom stereocenters. The second-order valence-electron chi connectivity index (χ2n) is 8.14. The molecular weight excluding hydrogens is 416 g/mol. The number of aromatic nitrogens is 4. The summed E-state index contributed by atoms with van der Waals surface area (Å²) >= 11 is 0. The van der Waals surface area contributed by atoms with Gasteiger partial charge in [-0.15, -0.1) is 0 Å². The molecule has 0 saturated heterocycles. The summed E-state index contributed by atoms with van der Waals surface area (Å²) in [5.74, 6) is 0.744. The summed E-state index contributed by atoms with van der Waals surface area (Å²) in [5, 5.41) is 4.53. The number of hydrogen-bond acceptors (Lipinski definition) is 5. The lowest BCUT2D eigenvalue weighted by atomic mass is 10.1. The van der Waals surface area contributed by atoms with E-state index in [1.54, 1.807) is 24.3 Å². The minimum Gasteiger partial charge on any atom is -0.337 e. The Kier molecular flexibility index (Phi) is 5.22. The van der Waals surface area contributed by atoms with Crippen molar-refractivity contribution in [2.24, 2.45) is 0 Å². The first-order valence-corrected chi connectivity index (χ1v) is 10.7. The maximum absolute atomic E-state index is 13.4. The van der Waals surface area contributed by atoms with Gasteiger partial charge < -0.3 is 4.52 Å². The van der Waals surface area contributed by atoms with Gasteiger partial charge in [0.2, 0.25) is 11.7 Å². The van der Waals surface area contributed by atoms with Crippen molar-refractivity contribution < 1.29 is 4.52 Å². The monoisotopic (exact) mass is 438 g/mol. The third kappa shape index (κ3) is 4.01. The molecule has 0 radical (unpaired) electrons. The quantitative estimate of drug-likeness (QED) is 0.415. The van der Waals surface area contributed by atoms with E-state index < -0.39 is 5.69 Å². The molecule has 0 saturated carbocycles. The van der Waals surface area contributed by atoms with Crippen LogP contribution in [0.5, 0.6) is 0 Å². The van der Waals surface area contributed by atoms with E-state index in [2.05, 4.69) is 10.1 Å². The molecule has 33 heavy (non-hydrogen) atoms. The molecule has 0 aliphatic rings. The highest BCUT2D eigenvalue weighted by atomic mass is 16.5. The van der Waals surface area contributed by atoms with Gasteiger partial charge in [-0.1, -0.05) is 76.9 Å². The van der Waals surface area contributed by atoms with E-state index >= 15 is 0 Å². The van der Waals surface area contributed by atoms with Gasteiger partial charge in [0, 0.05) is 5.56 Å². The Morgan fingerprint density at radius 3 is 2.18 bits per heavy atom. The van der Waals surface area contributed by atoms with E-state index in [0.29, 0.717) is 22.6 Å². The van der Waals surface area contributed by atoms with E-state index in [1.165, 1.54) is 9.13 Å². The first kappa shape index (κ1) is 20.6. The highest BCUT2D eigenvalue weighted by Crippen LogP contribution is 2.17. The smallest absolute Gasteiger partial charge is 0.332 e. The predicted molar refractivity (Wildman–Crippen MR) is 126 cm³/mol. The van der Waals surface area contributed by atoms with Crippen molar-refractivity contribution in [3.8, 4) is 11.4 Å².